The van der Waals surface area contributed by atoms with Crippen LogP contribution in [-0.2, 0) is 25.7 Å². The van der Waals surface area contributed by atoms with Crippen LogP contribution in [0, 0.1) is 5.92 Å². The third-order valence-electron chi connectivity index (χ3n) is 8.16. The number of hydrogen-bond donors (Lipinski definition) is 0. The van der Waals surface area contributed by atoms with Crippen LogP contribution in [0.2, 0.25) is 0 Å². The maximum Gasteiger partial charge on any atom is 0.315 e. The summed E-state index contributed by atoms with van der Waals surface area (Å²) in [6, 6.07) is 23.3. The van der Waals surface area contributed by atoms with Crippen LogP contribution < -0.4 is 14.2 Å². The first-order valence-electron chi connectivity index (χ1n) is 15.0. The fourth-order valence-corrected chi connectivity index (χ4v) is 6.04. The van der Waals surface area contributed by atoms with E-state index in [9.17, 15) is 9.59 Å². The van der Waals surface area contributed by atoms with Crippen molar-refractivity contribution in [1.82, 2.24) is 0 Å². The van der Waals surface area contributed by atoms with Gasteiger partial charge in [-0.3, -0.25) is 14.6 Å². The molecule has 1 aliphatic heterocycles. The minimum absolute atomic E-state index is 0.0324. The lowest BCUT2D eigenvalue weighted by Crippen LogP contribution is -2.38. The van der Waals surface area contributed by atoms with Crippen LogP contribution in [0.15, 0.2) is 89.1 Å². The quantitative estimate of drug-likeness (QED) is 0.175. The number of ether oxygens (including phenoxy) is 5. The standard InChI is InChI=1S/C36H39NO7/c1-5-42-16-17-43-36(39)33-23(2)37-29-19-27(25-14-15-31(40-3)32(21-25)41-4)20-30(38)35(29)34(33)26-12-9-13-28(18-26)44-22-24-10-7-6-8-11-24/h6-15,18,21,27,33-34H,5,16-17,19-20,22H2,1-4H3/t27-,33?,34+/m0/s1. The van der Waals surface area contributed by atoms with Gasteiger partial charge in [0.2, 0.25) is 0 Å². The summed E-state index contributed by atoms with van der Waals surface area (Å²) in [4.78, 5) is 32.5. The predicted molar refractivity (Wildman–Crippen MR) is 168 cm³/mol. The number of hydrogen-bond acceptors (Lipinski definition) is 8. The Labute approximate surface area is 258 Å². The van der Waals surface area contributed by atoms with Crippen molar-refractivity contribution >= 4 is 17.5 Å². The molecule has 0 N–H and O–H groups in total. The van der Waals surface area contributed by atoms with Gasteiger partial charge in [0.15, 0.2) is 17.3 Å². The first kappa shape index (κ1) is 31.0. The molecule has 8 heteroatoms. The van der Waals surface area contributed by atoms with Crippen molar-refractivity contribution in [1.29, 1.82) is 0 Å². The number of Topliss-reactive ketones (excluding diaryl/α,β-unsaturated/α-hetero) is 1. The zero-order valence-corrected chi connectivity index (χ0v) is 25.7. The zero-order chi connectivity index (χ0) is 31.1. The van der Waals surface area contributed by atoms with Crippen LogP contribution in [0.3, 0.4) is 0 Å². The predicted octanol–water partition coefficient (Wildman–Crippen LogP) is 6.44. The van der Waals surface area contributed by atoms with E-state index in [4.69, 9.17) is 28.7 Å². The first-order chi connectivity index (χ1) is 21.4. The summed E-state index contributed by atoms with van der Waals surface area (Å²) in [5, 5.41) is 0. The van der Waals surface area contributed by atoms with Gasteiger partial charge in [0.1, 0.15) is 24.9 Å². The molecule has 1 unspecified atom stereocenters. The zero-order valence-electron chi connectivity index (χ0n) is 25.7. The molecule has 1 heterocycles. The molecule has 230 valence electrons. The van der Waals surface area contributed by atoms with Crippen molar-refractivity contribution in [3.8, 4) is 17.2 Å². The van der Waals surface area contributed by atoms with Crippen molar-refractivity contribution in [2.75, 3.05) is 34.0 Å². The van der Waals surface area contributed by atoms with Gasteiger partial charge < -0.3 is 23.7 Å². The molecule has 0 spiro atoms. The van der Waals surface area contributed by atoms with Crippen LogP contribution in [0.25, 0.3) is 0 Å². The second kappa shape index (κ2) is 14.4. The van der Waals surface area contributed by atoms with E-state index in [0.29, 0.717) is 60.5 Å². The Kier molecular flexibility index (Phi) is 10.1. The van der Waals surface area contributed by atoms with Crippen LogP contribution in [0.4, 0.5) is 0 Å². The topological polar surface area (TPSA) is 92.7 Å². The molecule has 2 aliphatic rings. The van der Waals surface area contributed by atoms with E-state index in [1.54, 1.807) is 14.2 Å². The number of esters is 1. The summed E-state index contributed by atoms with van der Waals surface area (Å²) in [6.07, 6.45) is 0.844. The highest BCUT2D eigenvalue weighted by molar-refractivity contribution is 6.09. The average Bonchev–Trinajstić information content (AvgIpc) is 3.05. The summed E-state index contributed by atoms with van der Waals surface area (Å²) in [7, 11) is 3.19. The van der Waals surface area contributed by atoms with Gasteiger partial charge >= 0.3 is 5.97 Å². The Hall–Kier alpha value is -4.43. The Morgan fingerprint density at radius 2 is 1.68 bits per heavy atom. The fraction of sp³-hybridized carbons (Fsp3) is 0.361. The minimum atomic E-state index is -0.749. The molecule has 0 amide bonds. The van der Waals surface area contributed by atoms with E-state index < -0.39 is 17.8 Å². The average molecular weight is 598 g/mol. The van der Waals surface area contributed by atoms with Crippen molar-refractivity contribution in [3.63, 3.8) is 0 Å². The highest BCUT2D eigenvalue weighted by atomic mass is 16.6. The molecule has 0 radical (unpaired) electrons. The number of allylic oxidation sites excluding steroid dienone is 2. The molecule has 0 bridgehead atoms. The van der Waals surface area contributed by atoms with Gasteiger partial charge in [0.05, 0.1) is 20.8 Å². The largest absolute Gasteiger partial charge is 0.493 e. The van der Waals surface area contributed by atoms with Gasteiger partial charge in [-0.25, -0.2) is 0 Å². The summed E-state index contributed by atoms with van der Waals surface area (Å²) >= 11 is 0. The first-order valence-corrected chi connectivity index (χ1v) is 15.0. The SMILES string of the molecule is CCOCCOC(=O)C1C(C)=NC2=C(C(=O)C[C@@H](c3ccc(OC)c(OC)c3)C2)[C@@H]1c1cccc(OCc2ccccc2)c1. The molecule has 44 heavy (non-hydrogen) atoms. The maximum atomic E-state index is 14.1. The molecule has 1 aliphatic carbocycles. The lowest BCUT2D eigenvalue weighted by atomic mass is 9.69. The van der Waals surface area contributed by atoms with Crippen molar-refractivity contribution < 1.29 is 33.3 Å². The summed E-state index contributed by atoms with van der Waals surface area (Å²) in [6.45, 7) is 5.10. The van der Waals surface area contributed by atoms with E-state index in [0.717, 1.165) is 16.7 Å². The molecule has 8 nitrogen and oxygen atoms in total. The normalized spacial score (nSPS) is 19.6. The fourth-order valence-electron chi connectivity index (χ4n) is 6.04. The Bertz CT molecular complexity index is 1550. The molecule has 0 saturated heterocycles. The van der Waals surface area contributed by atoms with Gasteiger partial charge in [-0.2, -0.15) is 0 Å². The number of ketones is 1. The number of aliphatic imine (C=N–C) groups is 1. The van der Waals surface area contributed by atoms with E-state index in [-0.39, 0.29) is 24.7 Å². The third-order valence-corrected chi connectivity index (χ3v) is 8.16. The van der Waals surface area contributed by atoms with Gasteiger partial charge in [0, 0.05) is 35.9 Å². The lowest BCUT2D eigenvalue weighted by molar-refractivity contribution is -0.148. The monoisotopic (exact) mass is 597 g/mol. The second-order valence-electron chi connectivity index (χ2n) is 10.9. The van der Waals surface area contributed by atoms with E-state index in [1.165, 1.54) is 0 Å². The Morgan fingerprint density at radius 3 is 2.43 bits per heavy atom. The minimum Gasteiger partial charge on any atom is -0.493 e. The van der Waals surface area contributed by atoms with Gasteiger partial charge in [-0.1, -0.05) is 48.5 Å². The summed E-state index contributed by atoms with van der Waals surface area (Å²) < 4.78 is 28.1. The molecule has 0 saturated carbocycles. The molecule has 3 aromatic carbocycles. The van der Waals surface area contributed by atoms with Crippen LogP contribution >= 0.6 is 0 Å². The van der Waals surface area contributed by atoms with Gasteiger partial charge in [0.25, 0.3) is 0 Å². The third kappa shape index (κ3) is 6.86. The van der Waals surface area contributed by atoms with Crippen molar-refractivity contribution in [3.05, 3.63) is 101 Å². The number of methoxy groups -OCH3 is 2. The van der Waals surface area contributed by atoms with Gasteiger partial charge in [-0.15, -0.1) is 0 Å². The van der Waals surface area contributed by atoms with Crippen LogP contribution in [0.1, 0.15) is 55.2 Å². The second-order valence-corrected chi connectivity index (χ2v) is 10.9. The molecule has 5 rings (SSSR count). The molecule has 0 fully saturated rings. The van der Waals surface area contributed by atoms with E-state index >= 15 is 0 Å². The highest BCUT2D eigenvalue weighted by Crippen LogP contribution is 2.48. The van der Waals surface area contributed by atoms with E-state index in [2.05, 4.69) is 0 Å². The highest BCUT2D eigenvalue weighted by Gasteiger charge is 2.45. The Morgan fingerprint density at radius 1 is 0.886 bits per heavy atom. The number of carbonyl (C=O) groups excluding carboxylic acids is 2. The van der Waals surface area contributed by atoms with Crippen molar-refractivity contribution in [2.45, 2.75) is 45.1 Å². The number of benzene rings is 3. The Balaban J connectivity index is 1.49. The summed E-state index contributed by atoms with van der Waals surface area (Å²) in [5.74, 6) is 0.0492. The van der Waals surface area contributed by atoms with Crippen LogP contribution in [-0.4, -0.2) is 51.5 Å². The maximum absolute atomic E-state index is 14.1. The van der Waals surface area contributed by atoms with Gasteiger partial charge in [-0.05, 0) is 67.1 Å². The number of rotatable bonds is 12. The molecular formula is C36H39NO7. The van der Waals surface area contributed by atoms with E-state index in [1.807, 2.05) is 86.6 Å². The molecule has 0 aromatic heterocycles. The molecule has 3 aromatic rings. The van der Waals surface area contributed by atoms with Crippen molar-refractivity contribution in [2.24, 2.45) is 10.9 Å². The number of nitrogens with zero attached hydrogens (tertiary/aromatic N) is 1. The van der Waals surface area contributed by atoms with Crippen LogP contribution in [0.5, 0.6) is 17.2 Å². The molecular weight excluding hydrogens is 558 g/mol. The lowest BCUT2D eigenvalue weighted by Gasteiger charge is -2.36. The molecule has 3 atom stereocenters. The summed E-state index contributed by atoms with van der Waals surface area (Å²) in [5.41, 5.74) is 4.72. The smallest absolute Gasteiger partial charge is 0.315 e. The number of carbonyl (C=O) groups is 2.